The third-order valence-corrected chi connectivity index (χ3v) is 6.33. The van der Waals surface area contributed by atoms with Crippen LogP contribution in [-0.2, 0) is 16.6 Å². The van der Waals surface area contributed by atoms with E-state index in [1.807, 2.05) is 4.90 Å². The summed E-state index contributed by atoms with van der Waals surface area (Å²) in [5.41, 5.74) is 0. The predicted molar refractivity (Wildman–Crippen MR) is 92.4 cm³/mol. The minimum Gasteiger partial charge on any atom is -0.459 e. The second kappa shape index (κ2) is 7.41. The molecule has 28 heavy (non-hydrogen) atoms. The van der Waals surface area contributed by atoms with Gasteiger partial charge in [0.25, 0.3) is 5.89 Å². The number of rotatable bonds is 5. The summed E-state index contributed by atoms with van der Waals surface area (Å²) in [5.74, 6) is -0.801. The van der Waals surface area contributed by atoms with E-state index < -0.39 is 26.6 Å². The zero-order chi connectivity index (χ0) is 19.7. The third-order valence-electron chi connectivity index (χ3n) is 4.40. The van der Waals surface area contributed by atoms with Crippen LogP contribution in [0.5, 0.6) is 0 Å². The molecule has 0 bridgehead atoms. The van der Waals surface area contributed by atoms with Gasteiger partial charge in [0.05, 0.1) is 12.8 Å². The maximum atomic E-state index is 13.9. The Morgan fingerprint density at radius 2 is 1.86 bits per heavy atom. The standard InChI is InChI=1S/C17H16F2N4O4S/c18-12-3-4-15(13(19)10-12)28(24,25)23-7-5-22(6-8-23)11-16-20-21-17(27-16)14-2-1-9-26-14/h1-4,9-10H,5-8,11H2. The van der Waals surface area contributed by atoms with Gasteiger partial charge in [-0.25, -0.2) is 17.2 Å². The average Bonchev–Trinajstić information content (AvgIpc) is 3.33. The van der Waals surface area contributed by atoms with Crippen LogP contribution in [-0.4, -0.2) is 54.0 Å². The first kappa shape index (κ1) is 18.7. The highest BCUT2D eigenvalue weighted by Gasteiger charge is 2.31. The van der Waals surface area contributed by atoms with E-state index in [0.717, 1.165) is 12.1 Å². The Morgan fingerprint density at radius 1 is 1.07 bits per heavy atom. The zero-order valence-corrected chi connectivity index (χ0v) is 15.4. The summed E-state index contributed by atoms with van der Waals surface area (Å²) in [6, 6.07) is 5.85. The summed E-state index contributed by atoms with van der Waals surface area (Å²) in [5, 5.41) is 7.89. The smallest absolute Gasteiger partial charge is 0.283 e. The highest BCUT2D eigenvalue weighted by atomic mass is 32.2. The lowest BCUT2D eigenvalue weighted by Crippen LogP contribution is -2.48. The lowest BCUT2D eigenvalue weighted by Gasteiger charge is -2.33. The lowest BCUT2D eigenvalue weighted by atomic mass is 10.3. The van der Waals surface area contributed by atoms with E-state index in [-0.39, 0.29) is 19.0 Å². The van der Waals surface area contributed by atoms with Crippen molar-refractivity contribution in [2.75, 3.05) is 26.2 Å². The molecule has 0 saturated carbocycles. The minimum atomic E-state index is -4.03. The summed E-state index contributed by atoms with van der Waals surface area (Å²) in [6.07, 6.45) is 1.50. The summed E-state index contributed by atoms with van der Waals surface area (Å²) in [6.45, 7) is 1.49. The van der Waals surface area contributed by atoms with Crippen LogP contribution in [0.4, 0.5) is 8.78 Å². The van der Waals surface area contributed by atoms with E-state index in [1.54, 1.807) is 12.1 Å². The van der Waals surface area contributed by atoms with Gasteiger partial charge in [-0.2, -0.15) is 4.31 Å². The number of nitrogens with zero attached hydrogens (tertiary/aromatic N) is 4. The van der Waals surface area contributed by atoms with Crippen LogP contribution in [0.15, 0.2) is 50.3 Å². The molecule has 1 aromatic carbocycles. The molecule has 11 heteroatoms. The van der Waals surface area contributed by atoms with Gasteiger partial charge in [0, 0.05) is 32.2 Å². The van der Waals surface area contributed by atoms with Crippen LogP contribution in [0.2, 0.25) is 0 Å². The van der Waals surface area contributed by atoms with Crippen molar-refractivity contribution >= 4 is 10.0 Å². The first-order chi connectivity index (χ1) is 13.4. The van der Waals surface area contributed by atoms with Crippen LogP contribution in [0.3, 0.4) is 0 Å². The molecule has 0 radical (unpaired) electrons. The van der Waals surface area contributed by atoms with E-state index in [4.69, 9.17) is 8.83 Å². The maximum absolute atomic E-state index is 13.9. The number of aromatic nitrogens is 2. The van der Waals surface area contributed by atoms with Gasteiger partial charge < -0.3 is 8.83 Å². The maximum Gasteiger partial charge on any atom is 0.283 e. The fourth-order valence-electron chi connectivity index (χ4n) is 2.96. The van der Waals surface area contributed by atoms with Gasteiger partial charge in [-0.1, -0.05) is 0 Å². The molecule has 3 aromatic rings. The van der Waals surface area contributed by atoms with Crippen LogP contribution in [0, 0.1) is 11.6 Å². The van der Waals surface area contributed by atoms with Gasteiger partial charge in [0.2, 0.25) is 15.9 Å². The SMILES string of the molecule is O=S(=O)(c1ccc(F)cc1F)N1CCN(Cc2nnc(-c3ccco3)o2)CC1. The monoisotopic (exact) mass is 410 g/mol. The highest BCUT2D eigenvalue weighted by Crippen LogP contribution is 2.22. The molecular weight excluding hydrogens is 394 g/mol. The Morgan fingerprint density at radius 3 is 2.54 bits per heavy atom. The van der Waals surface area contributed by atoms with Gasteiger partial charge >= 0.3 is 0 Å². The van der Waals surface area contributed by atoms with Crippen molar-refractivity contribution in [2.45, 2.75) is 11.4 Å². The van der Waals surface area contributed by atoms with E-state index >= 15 is 0 Å². The molecule has 1 aliphatic heterocycles. The molecule has 1 saturated heterocycles. The van der Waals surface area contributed by atoms with E-state index in [0.29, 0.717) is 37.4 Å². The first-order valence-corrected chi connectivity index (χ1v) is 9.91. The second-order valence-electron chi connectivity index (χ2n) is 6.23. The molecule has 8 nitrogen and oxygen atoms in total. The van der Waals surface area contributed by atoms with E-state index in [9.17, 15) is 17.2 Å². The van der Waals surface area contributed by atoms with E-state index in [2.05, 4.69) is 10.2 Å². The van der Waals surface area contributed by atoms with Gasteiger partial charge in [0.1, 0.15) is 16.5 Å². The number of sulfonamides is 1. The van der Waals surface area contributed by atoms with E-state index in [1.165, 1.54) is 10.6 Å². The van der Waals surface area contributed by atoms with Crippen molar-refractivity contribution < 1.29 is 26.0 Å². The normalized spacial score (nSPS) is 16.5. The van der Waals surface area contributed by atoms with Crippen LogP contribution in [0.25, 0.3) is 11.7 Å². The third kappa shape index (κ3) is 3.68. The first-order valence-electron chi connectivity index (χ1n) is 8.47. The van der Waals surface area contributed by atoms with Crippen molar-refractivity contribution in [3.8, 4) is 11.7 Å². The quantitative estimate of drug-likeness (QED) is 0.636. The van der Waals surface area contributed by atoms with Crippen molar-refractivity contribution in [1.82, 2.24) is 19.4 Å². The number of piperazine rings is 1. The Hall–Kier alpha value is -2.63. The van der Waals surface area contributed by atoms with Gasteiger partial charge in [-0.15, -0.1) is 10.2 Å². The molecule has 0 atom stereocenters. The molecule has 148 valence electrons. The summed E-state index contributed by atoms with van der Waals surface area (Å²) in [4.78, 5) is 1.43. The molecule has 1 fully saturated rings. The number of hydrogen-bond donors (Lipinski definition) is 0. The minimum absolute atomic E-state index is 0.165. The van der Waals surface area contributed by atoms with Crippen molar-refractivity contribution in [3.63, 3.8) is 0 Å². The number of furan rings is 1. The molecule has 2 aromatic heterocycles. The molecule has 3 heterocycles. The molecular formula is C17H16F2N4O4S. The fraction of sp³-hybridized carbons (Fsp3) is 0.294. The largest absolute Gasteiger partial charge is 0.459 e. The predicted octanol–water partition coefficient (Wildman–Crippen LogP) is 2.11. The molecule has 4 rings (SSSR count). The highest BCUT2D eigenvalue weighted by molar-refractivity contribution is 7.89. The summed E-state index contributed by atoms with van der Waals surface area (Å²) >= 11 is 0. The Bertz CT molecular complexity index is 1060. The van der Waals surface area contributed by atoms with Crippen molar-refractivity contribution in [1.29, 1.82) is 0 Å². The van der Waals surface area contributed by atoms with Crippen molar-refractivity contribution in [3.05, 3.63) is 54.1 Å². The number of hydrogen-bond acceptors (Lipinski definition) is 7. The lowest BCUT2D eigenvalue weighted by molar-refractivity contribution is 0.168. The second-order valence-corrected chi connectivity index (χ2v) is 8.14. The van der Waals surface area contributed by atoms with Gasteiger partial charge in [-0.3, -0.25) is 4.90 Å². The van der Waals surface area contributed by atoms with Gasteiger partial charge in [-0.05, 0) is 24.3 Å². The molecule has 0 spiro atoms. The van der Waals surface area contributed by atoms with Gasteiger partial charge in [0.15, 0.2) is 5.76 Å². The van der Waals surface area contributed by atoms with Crippen molar-refractivity contribution in [2.24, 2.45) is 0 Å². The summed E-state index contributed by atoms with van der Waals surface area (Å²) < 4.78 is 64.1. The zero-order valence-electron chi connectivity index (χ0n) is 14.6. The molecule has 0 unspecified atom stereocenters. The van der Waals surface area contributed by atoms with Crippen LogP contribution >= 0.6 is 0 Å². The Kier molecular flexibility index (Phi) is 4.96. The molecule has 0 amide bonds. The molecule has 1 aliphatic rings. The molecule has 0 N–H and O–H groups in total. The Balaban J connectivity index is 1.39. The summed E-state index contributed by atoms with van der Waals surface area (Å²) in [7, 11) is -4.03. The average molecular weight is 410 g/mol. The topological polar surface area (TPSA) is 92.7 Å². The van der Waals surface area contributed by atoms with Crippen LogP contribution < -0.4 is 0 Å². The number of halogens is 2. The fourth-order valence-corrected chi connectivity index (χ4v) is 4.43. The van der Waals surface area contributed by atoms with Crippen LogP contribution in [0.1, 0.15) is 5.89 Å². The number of benzene rings is 1. The molecule has 0 aliphatic carbocycles. The Labute approximate surface area is 159 Å².